The highest BCUT2D eigenvalue weighted by Crippen LogP contribution is 2.29. The third kappa shape index (κ3) is 2.90. The lowest BCUT2D eigenvalue weighted by Crippen LogP contribution is -2.41. The second kappa shape index (κ2) is 6.38. The smallest absolute Gasteiger partial charge is 0.259 e. The number of likely N-dealkylation sites (tertiary alicyclic amines) is 1. The summed E-state index contributed by atoms with van der Waals surface area (Å²) in [5, 5.41) is 3.97. The Morgan fingerprint density at radius 1 is 1.23 bits per heavy atom. The second-order valence-corrected chi connectivity index (χ2v) is 6.40. The van der Waals surface area contributed by atoms with Crippen molar-refractivity contribution in [3.63, 3.8) is 0 Å². The molecule has 1 aromatic heterocycles. The number of aromatic nitrogens is 1. The van der Waals surface area contributed by atoms with Gasteiger partial charge in [0.15, 0.2) is 12.1 Å². The molecule has 0 atom stereocenters. The minimum Gasteiger partial charge on any atom is -0.360 e. The number of carbonyl (C=O) groups is 1. The molecule has 2 fully saturated rings. The molecule has 0 N–H and O–H groups in total. The molecule has 6 nitrogen and oxygen atoms in total. The van der Waals surface area contributed by atoms with Crippen molar-refractivity contribution >= 4 is 5.91 Å². The maximum absolute atomic E-state index is 12.8. The van der Waals surface area contributed by atoms with Crippen molar-refractivity contribution in [1.29, 1.82) is 0 Å². The Balaban J connectivity index is 1.66. The number of nitrogens with zero attached hydrogens (tertiary/aromatic N) is 2. The average molecular weight is 308 g/mol. The van der Waals surface area contributed by atoms with E-state index < -0.39 is 0 Å². The third-order valence-corrected chi connectivity index (χ3v) is 4.49. The molecule has 3 heterocycles. The van der Waals surface area contributed by atoms with Crippen molar-refractivity contribution in [2.45, 2.75) is 45.8 Å². The van der Waals surface area contributed by atoms with Gasteiger partial charge in [-0.2, -0.15) is 0 Å². The maximum Gasteiger partial charge on any atom is 0.259 e. The molecule has 122 valence electrons. The summed E-state index contributed by atoms with van der Waals surface area (Å²) in [7, 11) is 0. The van der Waals surface area contributed by atoms with E-state index >= 15 is 0 Å². The second-order valence-electron chi connectivity index (χ2n) is 6.40. The SMILES string of the molecule is Cc1noc(C(C)C)c1C(=O)N1CCC(C2OCCO2)CC1. The van der Waals surface area contributed by atoms with E-state index in [1.807, 2.05) is 25.7 Å². The van der Waals surface area contributed by atoms with Gasteiger partial charge in [0, 0.05) is 24.9 Å². The summed E-state index contributed by atoms with van der Waals surface area (Å²) in [5.41, 5.74) is 1.32. The summed E-state index contributed by atoms with van der Waals surface area (Å²) in [5.74, 6) is 1.26. The zero-order chi connectivity index (χ0) is 15.7. The predicted octanol–water partition coefficient (Wildman–Crippen LogP) is 2.33. The largest absolute Gasteiger partial charge is 0.360 e. The lowest BCUT2D eigenvalue weighted by Gasteiger charge is -2.33. The molecule has 0 spiro atoms. The van der Waals surface area contributed by atoms with Crippen molar-refractivity contribution in [1.82, 2.24) is 10.1 Å². The predicted molar refractivity (Wildman–Crippen MR) is 79.6 cm³/mol. The highest BCUT2D eigenvalue weighted by atomic mass is 16.7. The van der Waals surface area contributed by atoms with E-state index in [1.54, 1.807) is 0 Å². The lowest BCUT2D eigenvalue weighted by molar-refractivity contribution is -0.0956. The van der Waals surface area contributed by atoms with Crippen LogP contribution in [0.5, 0.6) is 0 Å². The van der Waals surface area contributed by atoms with Gasteiger partial charge in [0.1, 0.15) is 5.56 Å². The van der Waals surface area contributed by atoms with Crippen LogP contribution in [0.15, 0.2) is 4.52 Å². The average Bonchev–Trinajstić information content (AvgIpc) is 3.16. The summed E-state index contributed by atoms with van der Waals surface area (Å²) >= 11 is 0. The Kier molecular flexibility index (Phi) is 4.49. The molecule has 2 aliphatic heterocycles. The van der Waals surface area contributed by atoms with Crippen LogP contribution >= 0.6 is 0 Å². The van der Waals surface area contributed by atoms with Crippen LogP contribution in [-0.4, -0.2) is 48.6 Å². The summed E-state index contributed by atoms with van der Waals surface area (Å²) < 4.78 is 16.5. The fourth-order valence-corrected chi connectivity index (χ4v) is 3.22. The topological polar surface area (TPSA) is 64.8 Å². The van der Waals surface area contributed by atoms with E-state index in [0.29, 0.717) is 36.1 Å². The van der Waals surface area contributed by atoms with Crippen LogP contribution in [0.4, 0.5) is 0 Å². The van der Waals surface area contributed by atoms with E-state index in [-0.39, 0.29) is 18.1 Å². The van der Waals surface area contributed by atoms with Gasteiger partial charge in [-0.15, -0.1) is 0 Å². The minimum atomic E-state index is -0.0826. The van der Waals surface area contributed by atoms with Gasteiger partial charge in [-0.25, -0.2) is 0 Å². The van der Waals surface area contributed by atoms with E-state index in [2.05, 4.69) is 5.16 Å². The van der Waals surface area contributed by atoms with Crippen molar-refractivity contribution < 1.29 is 18.8 Å². The zero-order valence-electron chi connectivity index (χ0n) is 13.5. The molecular formula is C16H24N2O4. The van der Waals surface area contributed by atoms with Crippen molar-refractivity contribution in [3.05, 3.63) is 17.0 Å². The van der Waals surface area contributed by atoms with Crippen LogP contribution < -0.4 is 0 Å². The Bertz CT molecular complexity index is 526. The number of piperidine rings is 1. The Labute approximate surface area is 130 Å². The van der Waals surface area contributed by atoms with E-state index in [1.165, 1.54) is 0 Å². The van der Waals surface area contributed by atoms with Crippen LogP contribution in [0, 0.1) is 12.8 Å². The quantitative estimate of drug-likeness (QED) is 0.857. The van der Waals surface area contributed by atoms with Crippen molar-refractivity contribution in [3.8, 4) is 0 Å². The first kappa shape index (κ1) is 15.5. The number of carbonyl (C=O) groups excluding carboxylic acids is 1. The molecule has 0 aromatic carbocycles. The molecule has 2 saturated heterocycles. The molecule has 0 radical (unpaired) electrons. The van der Waals surface area contributed by atoms with Crippen molar-refractivity contribution in [2.75, 3.05) is 26.3 Å². The van der Waals surface area contributed by atoms with E-state index in [0.717, 1.165) is 25.9 Å². The Morgan fingerprint density at radius 2 is 1.86 bits per heavy atom. The molecule has 22 heavy (non-hydrogen) atoms. The van der Waals surface area contributed by atoms with Crippen LogP contribution in [-0.2, 0) is 9.47 Å². The Morgan fingerprint density at radius 3 is 2.45 bits per heavy atom. The maximum atomic E-state index is 12.8. The van der Waals surface area contributed by atoms with Gasteiger partial charge < -0.3 is 18.9 Å². The molecule has 0 bridgehead atoms. The van der Waals surface area contributed by atoms with Gasteiger partial charge in [-0.3, -0.25) is 4.79 Å². The van der Waals surface area contributed by atoms with Gasteiger partial charge in [-0.1, -0.05) is 19.0 Å². The summed E-state index contributed by atoms with van der Waals surface area (Å²) in [6.07, 6.45) is 1.75. The van der Waals surface area contributed by atoms with Crippen LogP contribution in [0.2, 0.25) is 0 Å². The van der Waals surface area contributed by atoms with Crippen LogP contribution in [0.25, 0.3) is 0 Å². The first-order valence-electron chi connectivity index (χ1n) is 8.06. The Hall–Kier alpha value is -1.40. The molecule has 6 heteroatoms. The number of aryl methyl sites for hydroxylation is 1. The van der Waals surface area contributed by atoms with Gasteiger partial charge in [0.05, 0.1) is 18.9 Å². The molecule has 1 amide bonds. The van der Waals surface area contributed by atoms with Crippen LogP contribution in [0.3, 0.4) is 0 Å². The zero-order valence-corrected chi connectivity index (χ0v) is 13.5. The number of rotatable bonds is 3. The third-order valence-electron chi connectivity index (χ3n) is 4.49. The molecule has 3 rings (SSSR count). The standard InChI is InChI=1S/C16H24N2O4/c1-10(2)14-13(11(3)17-22-14)15(19)18-6-4-12(5-7-18)16-20-8-9-21-16/h10,12,16H,4-9H2,1-3H3. The monoisotopic (exact) mass is 308 g/mol. The summed E-state index contributed by atoms with van der Waals surface area (Å²) in [4.78, 5) is 14.7. The number of amides is 1. The number of hydrogen-bond donors (Lipinski definition) is 0. The first-order valence-corrected chi connectivity index (χ1v) is 8.06. The molecular weight excluding hydrogens is 284 g/mol. The minimum absolute atomic E-state index is 0.0363. The van der Waals surface area contributed by atoms with Gasteiger partial charge >= 0.3 is 0 Å². The molecule has 1 aromatic rings. The molecule has 0 unspecified atom stereocenters. The fourth-order valence-electron chi connectivity index (χ4n) is 3.22. The fraction of sp³-hybridized carbons (Fsp3) is 0.750. The lowest BCUT2D eigenvalue weighted by atomic mass is 9.95. The van der Waals surface area contributed by atoms with Crippen LogP contribution in [0.1, 0.15) is 54.4 Å². The number of ether oxygens (including phenoxy) is 2. The van der Waals surface area contributed by atoms with E-state index in [9.17, 15) is 4.79 Å². The highest BCUT2D eigenvalue weighted by Gasteiger charge is 2.34. The van der Waals surface area contributed by atoms with Gasteiger partial charge in [0.2, 0.25) is 0 Å². The van der Waals surface area contributed by atoms with Gasteiger partial charge in [0.25, 0.3) is 5.91 Å². The first-order chi connectivity index (χ1) is 10.6. The molecule has 0 saturated carbocycles. The summed E-state index contributed by atoms with van der Waals surface area (Å²) in [6, 6.07) is 0. The highest BCUT2D eigenvalue weighted by molar-refractivity contribution is 5.96. The molecule has 0 aliphatic carbocycles. The van der Waals surface area contributed by atoms with E-state index in [4.69, 9.17) is 14.0 Å². The molecule has 2 aliphatic rings. The number of hydrogen-bond acceptors (Lipinski definition) is 5. The summed E-state index contributed by atoms with van der Waals surface area (Å²) in [6.45, 7) is 8.68. The van der Waals surface area contributed by atoms with Gasteiger partial charge in [-0.05, 0) is 19.8 Å². The normalized spacial score (nSPS) is 21.0. The van der Waals surface area contributed by atoms with Crippen molar-refractivity contribution in [2.24, 2.45) is 5.92 Å².